The summed E-state index contributed by atoms with van der Waals surface area (Å²) >= 11 is 0. The third-order valence-electron chi connectivity index (χ3n) is 5.57. The van der Waals surface area contributed by atoms with E-state index in [-0.39, 0.29) is 4.90 Å². The van der Waals surface area contributed by atoms with Crippen molar-refractivity contribution in [1.29, 1.82) is 0 Å². The maximum absolute atomic E-state index is 14.2. The summed E-state index contributed by atoms with van der Waals surface area (Å²) in [5.74, 6) is -1.31. The summed E-state index contributed by atoms with van der Waals surface area (Å²) in [6, 6.07) is 33.7. The van der Waals surface area contributed by atoms with Crippen molar-refractivity contribution in [1.82, 2.24) is 0 Å². The molecule has 0 aliphatic carbocycles. The molecule has 0 radical (unpaired) electrons. The van der Waals surface area contributed by atoms with Gasteiger partial charge in [0.15, 0.2) is 0 Å². The Morgan fingerprint density at radius 3 is 1.61 bits per heavy atom. The van der Waals surface area contributed by atoms with Crippen LogP contribution in [0.2, 0.25) is 0 Å². The van der Waals surface area contributed by atoms with E-state index < -0.39 is 21.8 Å². The Morgan fingerprint density at radius 2 is 1.15 bits per heavy atom. The van der Waals surface area contributed by atoms with Gasteiger partial charge in [0.25, 0.3) is 15.9 Å². The largest absolute Gasteiger partial charge is 0.272 e. The van der Waals surface area contributed by atoms with Crippen LogP contribution in [0.1, 0.15) is 29.5 Å². The zero-order valence-electron chi connectivity index (χ0n) is 18.3. The fourth-order valence-electron chi connectivity index (χ4n) is 3.84. The van der Waals surface area contributed by atoms with Gasteiger partial charge in [0, 0.05) is 0 Å². The van der Waals surface area contributed by atoms with Crippen molar-refractivity contribution in [3.05, 3.63) is 132 Å². The molecule has 4 aromatic carbocycles. The van der Waals surface area contributed by atoms with Crippen molar-refractivity contribution in [2.45, 2.75) is 24.2 Å². The van der Waals surface area contributed by atoms with Gasteiger partial charge in [0.1, 0.15) is 0 Å². The van der Waals surface area contributed by atoms with Crippen LogP contribution in [0.5, 0.6) is 0 Å². The quantitative estimate of drug-likeness (QED) is 0.354. The van der Waals surface area contributed by atoms with Crippen LogP contribution in [0.15, 0.2) is 120 Å². The Labute approximate surface area is 195 Å². The van der Waals surface area contributed by atoms with Gasteiger partial charge in [-0.2, -0.15) is 0 Å². The molecule has 0 heterocycles. The highest BCUT2D eigenvalue weighted by molar-refractivity contribution is 7.93. The normalized spacial score (nSPS) is 11.3. The number of sulfonamides is 1. The summed E-state index contributed by atoms with van der Waals surface area (Å²) in [6.07, 6.45) is 0.816. The Morgan fingerprint density at radius 1 is 0.697 bits per heavy atom. The number of hydrogen-bond donors (Lipinski definition) is 0. The first kappa shape index (κ1) is 22.5. The topological polar surface area (TPSA) is 54.5 Å². The van der Waals surface area contributed by atoms with Crippen molar-refractivity contribution in [3.63, 3.8) is 0 Å². The summed E-state index contributed by atoms with van der Waals surface area (Å²) in [5, 5.41) is 0. The number of nitrogens with zero attached hydrogens (tertiary/aromatic N) is 1. The molecule has 4 aromatic rings. The van der Waals surface area contributed by atoms with Crippen molar-refractivity contribution in [3.8, 4) is 0 Å². The highest BCUT2D eigenvalue weighted by Crippen LogP contribution is 2.33. The van der Waals surface area contributed by atoms with Crippen molar-refractivity contribution < 1.29 is 13.2 Å². The molecule has 0 saturated heterocycles. The molecule has 33 heavy (non-hydrogen) atoms. The first-order chi connectivity index (χ1) is 16.0. The summed E-state index contributed by atoms with van der Waals surface area (Å²) in [4.78, 5) is 14.2. The summed E-state index contributed by atoms with van der Waals surface area (Å²) in [7, 11) is -4.15. The number of anilines is 1. The third kappa shape index (κ3) is 4.73. The number of carbonyl (C=O) groups excluding carboxylic acids is 1. The van der Waals surface area contributed by atoms with Crippen molar-refractivity contribution >= 4 is 21.6 Å². The van der Waals surface area contributed by atoms with E-state index in [1.165, 1.54) is 12.1 Å². The molecule has 5 heteroatoms. The minimum Gasteiger partial charge on any atom is -0.272 e. The molecule has 0 aliphatic heterocycles. The Hall–Kier alpha value is -3.70. The number of aryl methyl sites for hydroxylation is 1. The maximum atomic E-state index is 14.2. The zero-order valence-corrected chi connectivity index (χ0v) is 19.2. The fraction of sp³-hybridized carbons (Fsp3) is 0.107. The van der Waals surface area contributed by atoms with Crippen LogP contribution in [-0.4, -0.2) is 14.3 Å². The van der Waals surface area contributed by atoms with Crippen LogP contribution in [0.4, 0.5) is 5.69 Å². The molecular weight excluding hydrogens is 430 g/mol. The molecule has 0 aromatic heterocycles. The number of amides is 1. The van der Waals surface area contributed by atoms with Crippen LogP contribution in [-0.2, 0) is 21.2 Å². The van der Waals surface area contributed by atoms with E-state index in [4.69, 9.17) is 0 Å². The molecule has 0 unspecified atom stereocenters. The number of benzene rings is 4. The molecule has 0 bridgehead atoms. The lowest BCUT2D eigenvalue weighted by molar-refractivity contribution is -0.118. The average Bonchev–Trinajstić information content (AvgIpc) is 2.86. The summed E-state index contributed by atoms with van der Waals surface area (Å²) < 4.78 is 28.6. The van der Waals surface area contributed by atoms with Gasteiger partial charge < -0.3 is 0 Å². The van der Waals surface area contributed by atoms with Gasteiger partial charge in [-0.3, -0.25) is 4.79 Å². The van der Waals surface area contributed by atoms with Crippen LogP contribution in [0, 0.1) is 0 Å². The standard InChI is InChI=1S/C28H25NO3S/c1-2-22-18-20-25(21-19-22)29(33(31,32)26-16-10-5-11-17-26)28(30)27(23-12-6-3-7-13-23)24-14-8-4-9-15-24/h3-21,27H,2H2,1H3. The molecule has 0 fully saturated rings. The fourth-order valence-corrected chi connectivity index (χ4v) is 5.29. The first-order valence-corrected chi connectivity index (χ1v) is 12.3. The molecule has 0 N–H and O–H groups in total. The van der Waals surface area contributed by atoms with Crippen molar-refractivity contribution in [2.24, 2.45) is 0 Å². The number of carbonyl (C=O) groups is 1. The Bertz CT molecular complexity index is 1260. The summed E-state index contributed by atoms with van der Waals surface area (Å²) in [5.41, 5.74) is 2.84. The Balaban J connectivity index is 1.90. The van der Waals surface area contributed by atoms with Crippen LogP contribution in [0.3, 0.4) is 0 Å². The van der Waals surface area contributed by atoms with Crippen LogP contribution >= 0.6 is 0 Å². The van der Waals surface area contributed by atoms with E-state index in [1.54, 1.807) is 30.3 Å². The van der Waals surface area contributed by atoms with Gasteiger partial charge in [-0.05, 0) is 47.4 Å². The molecule has 1 amide bonds. The van der Waals surface area contributed by atoms with E-state index in [1.807, 2.05) is 79.7 Å². The second-order valence-corrected chi connectivity index (χ2v) is 9.48. The predicted octanol–water partition coefficient (Wildman–Crippen LogP) is 5.80. The van der Waals surface area contributed by atoms with Gasteiger partial charge in [0.2, 0.25) is 0 Å². The molecule has 0 atom stereocenters. The smallest absolute Gasteiger partial charge is 0.270 e. The lowest BCUT2D eigenvalue weighted by Crippen LogP contribution is -2.40. The maximum Gasteiger partial charge on any atom is 0.270 e. The molecule has 4 nitrogen and oxygen atoms in total. The zero-order chi connectivity index (χ0) is 23.3. The SMILES string of the molecule is CCc1ccc(N(C(=O)C(c2ccccc2)c2ccccc2)S(=O)(=O)c2ccccc2)cc1. The lowest BCUT2D eigenvalue weighted by Gasteiger charge is -2.28. The van der Waals surface area contributed by atoms with E-state index in [2.05, 4.69) is 0 Å². The molecule has 4 rings (SSSR count). The van der Waals surface area contributed by atoms with E-state index in [0.29, 0.717) is 5.69 Å². The molecule has 0 aliphatic rings. The van der Waals surface area contributed by atoms with Gasteiger partial charge >= 0.3 is 0 Å². The first-order valence-electron chi connectivity index (χ1n) is 10.9. The van der Waals surface area contributed by atoms with Gasteiger partial charge in [-0.15, -0.1) is 0 Å². The second-order valence-electron chi connectivity index (χ2n) is 7.70. The van der Waals surface area contributed by atoms with Gasteiger partial charge in [-0.1, -0.05) is 97.9 Å². The monoisotopic (exact) mass is 455 g/mol. The summed E-state index contributed by atoms with van der Waals surface area (Å²) in [6.45, 7) is 2.03. The van der Waals surface area contributed by atoms with E-state index in [9.17, 15) is 13.2 Å². The highest BCUT2D eigenvalue weighted by atomic mass is 32.2. The van der Waals surface area contributed by atoms with Gasteiger partial charge in [0.05, 0.1) is 16.5 Å². The van der Waals surface area contributed by atoms with E-state index >= 15 is 0 Å². The molecular formula is C28H25NO3S. The lowest BCUT2D eigenvalue weighted by atomic mass is 9.90. The molecule has 0 saturated carbocycles. The van der Waals surface area contributed by atoms with Crippen LogP contribution < -0.4 is 4.31 Å². The molecule has 166 valence electrons. The highest BCUT2D eigenvalue weighted by Gasteiger charge is 2.36. The minimum absolute atomic E-state index is 0.0674. The molecule has 0 spiro atoms. The third-order valence-corrected chi connectivity index (χ3v) is 7.31. The number of rotatable bonds is 7. The predicted molar refractivity (Wildman–Crippen MR) is 132 cm³/mol. The number of hydrogen-bond acceptors (Lipinski definition) is 3. The van der Waals surface area contributed by atoms with Crippen LogP contribution in [0.25, 0.3) is 0 Å². The van der Waals surface area contributed by atoms with Gasteiger partial charge in [-0.25, -0.2) is 12.7 Å². The Kier molecular flexibility index (Phi) is 6.71. The van der Waals surface area contributed by atoms with E-state index in [0.717, 1.165) is 27.4 Å². The average molecular weight is 456 g/mol. The van der Waals surface area contributed by atoms with Crippen molar-refractivity contribution in [2.75, 3.05) is 4.31 Å². The minimum atomic E-state index is -4.15. The second kappa shape index (κ2) is 9.84.